The van der Waals surface area contributed by atoms with Gasteiger partial charge < -0.3 is 15.4 Å². The number of rotatable bonds is 10. The predicted octanol–water partition coefficient (Wildman–Crippen LogP) is 1.76. The SMILES string of the molecule is CN=C(NCCCS(=O)(=O)c1ccccc1)NCC(CC(C)C)N1CCOCC1. The van der Waals surface area contributed by atoms with Gasteiger partial charge in [0.1, 0.15) is 0 Å². The summed E-state index contributed by atoms with van der Waals surface area (Å²) in [6, 6.07) is 9.03. The maximum atomic E-state index is 12.3. The molecule has 0 radical (unpaired) electrons. The molecule has 1 aromatic carbocycles. The molecule has 0 bridgehead atoms. The van der Waals surface area contributed by atoms with E-state index in [4.69, 9.17) is 4.74 Å². The van der Waals surface area contributed by atoms with E-state index >= 15 is 0 Å². The Morgan fingerprint density at radius 2 is 1.86 bits per heavy atom. The van der Waals surface area contributed by atoms with Crippen LogP contribution in [0.3, 0.4) is 0 Å². The standard InChI is InChI=1S/C21H36N4O3S/c1-18(2)16-19(25-11-13-28-14-12-25)17-24-21(22-3)23-10-7-15-29(26,27)20-8-5-4-6-9-20/h4-6,8-9,18-19H,7,10-17H2,1-3H3,(H2,22,23,24). The van der Waals surface area contributed by atoms with Gasteiger partial charge in [0.2, 0.25) is 0 Å². The quantitative estimate of drug-likeness (QED) is 0.338. The lowest BCUT2D eigenvalue weighted by atomic mass is 10.0. The average molecular weight is 425 g/mol. The van der Waals surface area contributed by atoms with Gasteiger partial charge in [-0.1, -0.05) is 32.0 Å². The van der Waals surface area contributed by atoms with Crippen molar-refractivity contribution < 1.29 is 13.2 Å². The van der Waals surface area contributed by atoms with E-state index in [2.05, 4.69) is 34.4 Å². The molecule has 1 aromatic rings. The third-order valence-corrected chi connectivity index (χ3v) is 6.84. The van der Waals surface area contributed by atoms with Gasteiger partial charge in [-0.3, -0.25) is 9.89 Å². The lowest BCUT2D eigenvalue weighted by Crippen LogP contribution is -2.51. The molecule has 0 aliphatic carbocycles. The van der Waals surface area contributed by atoms with Gasteiger partial charge in [-0.2, -0.15) is 0 Å². The minimum atomic E-state index is -3.24. The van der Waals surface area contributed by atoms with Crippen LogP contribution in [0, 0.1) is 5.92 Å². The van der Waals surface area contributed by atoms with Crippen LogP contribution in [0.15, 0.2) is 40.2 Å². The summed E-state index contributed by atoms with van der Waals surface area (Å²) in [5, 5.41) is 6.64. The highest BCUT2D eigenvalue weighted by Crippen LogP contribution is 2.13. The van der Waals surface area contributed by atoms with Crippen LogP contribution in [0.4, 0.5) is 0 Å². The fourth-order valence-electron chi connectivity index (χ4n) is 3.50. The molecule has 7 nitrogen and oxygen atoms in total. The Hall–Kier alpha value is -1.64. The van der Waals surface area contributed by atoms with E-state index in [1.807, 2.05) is 6.07 Å². The molecule has 1 aliphatic rings. The van der Waals surface area contributed by atoms with Crippen LogP contribution in [0.5, 0.6) is 0 Å². The molecule has 1 fully saturated rings. The van der Waals surface area contributed by atoms with Crippen LogP contribution in [-0.2, 0) is 14.6 Å². The van der Waals surface area contributed by atoms with E-state index in [1.54, 1.807) is 31.3 Å². The number of aliphatic imine (C=N–C) groups is 1. The Bertz CT molecular complexity index is 717. The molecular weight excluding hydrogens is 388 g/mol. The van der Waals surface area contributed by atoms with E-state index in [9.17, 15) is 8.42 Å². The zero-order valence-electron chi connectivity index (χ0n) is 17.9. The monoisotopic (exact) mass is 424 g/mol. The Morgan fingerprint density at radius 1 is 1.17 bits per heavy atom. The van der Waals surface area contributed by atoms with Gasteiger partial charge in [-0.15, -0.1) is 0 Å². The molecule has 1 saturated heterocycles. The molecule has 1 heterocycles. The maximum absolute atomic E-state index is 12.3. The summed E-state index contributed by atoms with van der Waals surface area (Å²) in [6.45, 7) is 9.35. The second-order valence-electron chi connectivity index (χ2n) is 7.80. The van der Waals surface area contributed by atoms with Gasteiger partial charge in [-0.05, 0) is 30.9 Å². The first-order valence-electron chi connectivity index (χ1n) is 10.5. The highest BCUT2D eigenvalue weighted by molar-refractivity contribution is 7.91. The molecule has 164 valence electrons. The van der Waals surface area contributed by atoms with Crippen LogP contribution in [0.1, 0.15) is 26.7 Å². The summed E-state index contributed by atoms with van der Waals surface area (Å²) in [4.78, 5) is 7.14. The summed E-state index contributed by atoms with van der Waals surface area (Å²) in [5.41, 5.74) is 0. The first-order valence-corrected chi connectivity index (χ1v) is 12.1. The molecule has 0 amide bonds. The zero-order chi connectivity index (χ0) is 21.1. The van der Waals surface area contributed by atoms with E-state index in [0.29, 0.717) is 35.8 Å². The molecule has 8 heteroatoms. The number of nitrogens with zero attached hydrogens (tertiary/aromatic N) is 2. The largest absolute Gasteiger partial charge is 0.379 e. The summed E-state index contributed by atoms with van der Waals surface area (Å²) in [6.07, 6.45) is 1.64. The fraction of sp³-hybridized carbons (Fsp3) is 0.667. The molecule has 1 unspecified atom stereocenters. The average Bonchev–Trinajstić information content (AvgIpc) is 2.73. The third kappa shape index (κ3) is 8.32. The van der Waals surface area contributed by atoms with Gasteiger partial charge in [0.15, 0.2) is 15.8 Å². The van der Waals surface area contributed by atoms with Crippen LogP contribution >= 0.6 is 0 Å². The van der Waals surface area contributed by atoms with E-state index in [-0.39, 0.29) is 5.75 Å². The van der Waals surface area contributed by atoms with Crippen LogP contribution in [0.2, 0.25) is 0 Å². The number of benzene rings is 1. The first-order chi connectivity index (χ1) is 13.9. The molecule has 2 N–H and O–H groups in total. The second-order valence-corrected chi connectivity index (χ2v) is 9.91. The first kappa shape index (κ1) is 23.6. The predicted molar refractivity (Wildman–Crippen MR) is 118 cm³/mol. The van der Waals surface area contributed by atoms with Crippen molar-refractivity contribution in [3.63, 3.8) is 0 Å². The van der Waals surface area contributed by atoms with E-state index < -0.39 is 9.84 Å². The van der Waals surface area contributed by atoms with Crippen molar-refractivity contribution in [2.75, 3.05) is 52.2 Å². The Kier molecular flexibility index (Phi) is 9.90. The van der Waals surface area contributed by atoms with Gasteiger partial charge in [-0.25, -0.2) is 8.42 Å². The van der Waals surface area contributed by atoms with Gasteiger partial charge in [0, 0.05) is 39.3 Å². The van der Waals surface area contributed by atoms with Gasteiger partial charge >= 0.3 is 0 Å². The number of guanidine groups is 1. The summed E-state index contributed by atoms with van der Waals surface area (Å²) in [7, 11) is -1.50. The highest BCUT2D eigenvalue weighted by atomic mass is 32.2. The van der Waals surface area contributed by atoms with Crippen molar-refractivity contribution in [1.29, 1.82) is 0 Å². The number of morpholine rings is 1. The Balaban J connectivity index is 1.77. The third-order valence-electron chi connectivity index (χ3n) is 5.02. The van der Waals surface area contributed by atoms with E-state index in [0.717, 1.165) is 39.3 Å². The van der Waals surface area contributed by atoms with Crippen molar-refractivity contribution in [3.05, 3.63) is 30.3 Å². The van der Waals surface area contributed by atoms with Crippen LogP contribution in [-0.4, -0.2) is 77.5 Å². The van der Waals surface area contributed by atoms with E-state index in [1.165, 1.54) is 0 Å². The number of hydrogen-bond donors (Lipinski definition) is 2. The van der Waals surface area contributed by atoms with Crippen LogP contribution in [0.25, 0.3) is 0 Å². The lowest BCUT2D eigenvalue weighted by Gasteiger charge is -2.35. The molecular formula is C21H36N4O3S. The molecule has 0 aromatic heterocycles. The van der Waals surface area contributed by atoms with Crippen molar-refractivity contribution in [1.82, 2.24) is 15.5 Å². The lowest BCUT2D eigenvalue weighted by molar-refractivity contribution is 0.0132. The molecule has 29 heavy (non-hydrogen) atoms. The second kappa shape index (κ2) is 12.1. The molecule has 0 spiro atoms. The zero-order valence-corrected chi connectivity index (χ0v) is 18.7. The summed E-state index contributed by atoms with van der Waals surface area (Å²) < 4.78 is 30.2. The molecule has 2 rings (SSSR count). The highest BCUT2D eigenvalue weighted by Gasteiger charge is 2.22. The fourth-order valence-corrected chi connectivity index (χ4v) is 4.83. The molecule has 1 atom stereocenters. The van der Waals surface area contributed by atoms with Gasteiger partial charge in [0.05, 0.1) is 23.9 Å². The number of hydrogen-bond acceptors (Lipinski definition) is 5. The topological polar surface area (TPSA) is 83.0 Å². The van der Waals surface area contributed by atoms with Crippen molar-refractivity contribution in [3.8, 4) is 0 Å². The van der Waals surface area contributed by atoms with Crippen LogP contribution < -0.4 is 10.6 Å². The normalized spacial score (nSPS) is 17.3. The number of sulfone groups is 1. The smallest absolute Gasteiger partial charge is 0.191 e. The summed E-state index contributed by atoms with van der Waals surface area (Å²) >= 11 is 0. The van der Waals surface area contributed by atoms with Gasteiger partial charge in [0.25, 0.3) is 0 Å². The van der Waals surface area contributed by atoms with Crippen molar-refractivity contribution >= 4 is 15.8 Å². The van der Waals surface area contributed by atoms with Crippen molar-refractivity contribution in [2.24, 2.45) is 10.9 Å². The maximum Gasteiger partial charge on any atom is 0.191 e. The minimum Gasteiger partial charge on any atom is -0.379 e. The van der Waals surface area contributed by atoms with Crippen molar-refractivity contribution in [2.45, 2.75) is 37.6 Å². The summed E-state index contributed by atoms with van der Waals surface area (Å²) in [5.74, 6) is 1.44. The number of nitrogens with one attached hydrogen (secondary N) is 2. The Morgan fingerprint density at radius 3 is 2.48 bits per heavy atom. The Labute approximate surface area is 175 Å². The molecule has 1 aliphatic heterocycles. The minimum absolute atomic E-state index is 0.116. The molecule has 0 saturated carbocycles. The number of ether oxygens (including phenoxy) is 1.